The highest BCUT2D eigenvalue weighted by Gasteiger charge is 2.09. The highest BCUT2D eigenvalue weighted by Crippen LogP contribution is 2.25. The van der Waals surface area contributed by atoms with E-state index in [-0.39, 0.29) is 0 Å². The highest BCUT2D eigenvalue weighted by atomic mass is 16.3. The first-order valence-corrected chi connectivity index (χ1v) is 30.2. The van der Waals surface area contributed by atoms with Crippen molar-refractivity contribution in [3.05, 3.63) is 0 Å². The lowest BCUT2D eigenvalue weighted by atomic mass is 9.90. The quantitative estimate of drug-likeness (QED) is 0.0597. The molecule has 0 aliphatic rings. The largest absolute Gasteiger partial charge is 0.396 e. The van der Waals surface area contributed by atoms with Gasteiger partial charge in [0.2, 0.25) is 0 Å². The van der Waals surface area contributed by atoms with Gasteiger partial charge in [-0.1, -0.05) is 339 Å². The van der Waals surface area contributed by atoms with E-state index in [1.165, 1.54) is 270 Å². The molecule has 0 saturated heterocycles. The Bertz CT molecular complexity index is 685. The summed E-state index contributed by atoms with van der Waals surface area (Å²) in [6, 6.07) is 0. The summed E-state index contributed by atoms with van der Waals surface area (Å²) in [5.74, 6) is 5.51. The molecule has 0 spiro atoms. The Hall–Kier alpha value is -0.0800. The normalized spacial score (nSPS) is 13.4. The Labute approximate surface area is 409 Å². The molecule has 0 aliphatic carbocycles. The summed E-state index contributed by atoms with van der Waals surface area (Å²) in [4.78, 5) is 0. The van der Waals surface area contributed by atoms with Gasteiger partial charge in [0.15, 0.2) is 0 Å². The maximum absolute atomic E-state index is 8.64. The first-order valence-electron chi connectivity index (χ1n) is 30.2. The number of rotatable bonds is 49. The van der Waals surface area contributed by atoms with Crippen molar-refractivity contribution in [1.29, 1.82) is 0 Å². The molecule has 2 nitrogen and oxygen atoms in total. The smallest absolute Gasteiger partial charge is 0.0431 e. The monoisotopic (exact) mass is 907 g/mol. The van der Waals surface area contributed by atoms with Gasteiger partial charge in [-0.25, -0.2) is 0 Å². The molecule has 0 rings (SSSR count). The fourth-order valence-corrected chi connectivity index (χ4v) is 9.55. The summed E-state index contributed by atoms with van der Waals surface area (Å²) < 4.78 is 0. The molecule has 4 unspecified atom stereocenters. The summed E-state index contributed by atoms with van der Waals surface area (Å²) in [5, 5.41) is 17.3. The van der Waals surface area contributed by atoms with Gasteiger partial charge in [0, 0.05) is 13.2 Å². The second-order valence-electron chi connectivity index (χ2n) is 22.9. The molecule has 0 aromatic carbocycles. The van der Waals surface area contributed by atoms with Crippen LogP contribution in [0.5, 0.6) is 0 Å². The van der Waals surface area contributed by atoms with Gasteiger partial charge in [-0.2, -0.15) is 0 Å². The van der Waals surface area contributed by atoms with Crippen molar-refractivity contribution >= 4 is 0 Å². The van der Waals surface area contributed by atoms with Crippen molar-refractivity contribution in [1.82, 2.24) is 0 Å². The Morgan fingerprint density at radius 2 is 0.375 bits per heavy atom. The second kappa shape index (κ2) is 59.0. The summed E-state index contributed by atoms with van der Waals surface area (Å²) in [7, 11) is 0. The maximum Gasteiger partial charge on any atom is 0.0431 e. The van der Waals surface area contributed by atoms with Crippen LogP contribution in [-0.2, 0) is 0 Å². The van der Waals surface area contributed by atoms with Gasteiger partial charge in [-0.05, 0) is 48.3 Å². The predicted octanol–water partition coefficient (Wildman–Crippen LogP) is 22.0. The standard InChI is InChI=1S/C30H62.2C16H34O/c1-25(2)15-11-19-29(7)23-13-21-27(5)17-9-10-18-28(6)22-14-24-30(8)20-12-16-26(3)4;2*1-2-3-4-5-6-7-8-9-10-11-12-13-14-15-16-17/h25-30H,9-24H2,1-8H3;2*17H,2-16H2,1H3. The summed E-state index contributed by atoms with van der Waals surface area (Å²) in [5.41, 5.74) is 0. The van der Waals surface area contributed by atoms with Crippen LogP contribution in [0.2, 0.25) is 0 Å². The van der Waals surface area contributed by atoms with Crippen LogP contribution in [-0.4, -0.2) is 23.4 Å². The van der Waals surface area contributed by atoms with Crippen LogP contribution in [0.4, 0.5) is 0 Å². The third kappa shape index (κ3) is 66.2. The van der Waals surface area contributed by atoms with E-state index < -0.39 is 0 Å². The number of aliphatic hydroxyl groups is 2. The van der Waals surface area contributed by atoms with Crippen LogP contribution in [0.15, 0.2) is 0 Å². The molecule has 2 N–H and O–H groups in total. The van der Waals surface area contributed by atoms with Crippen LogP contribution < -0.4 is 0 Å². The van der Waals surface area contributed by atoms with E-state index >= 15 is 0 Å². The van der Waals surface area contributed by atoms with Gasteiger partial charge in [0.1, 0.15) is 0 Å². The zero-order valence-corrected chi connectivity index (χ0v) is 46.9. The molecule has 0 saturated carbocycles. The third-order valence-corrected chi connectivity index (χ3v) is 14.4. The first-order chi connectivity index (χ1) is 31.0. The van der Waals surface area contributed by atoms with E-state index in [4.69, 9.17) is 10.2 Å². The minimum absolute atomic E-state index is 0.373. The summed E-state index contributed by atoms with van der Waals surface area (Å²) in [6.45, 7) is 24.6. The molecule has 0 aliphatic heterocycles. The van der Waals surface area contributed by atoms with Crippen molar-refractivity contribution in [3.63, 3.8) is 0 Å². The van der Waals surface area contributed by atoms with E-state index in [1.807, 2.05) is 0 Å². The van der Waals surface area contributed by atoms with Crippen molar-refractivity contribution in [2.75, 3.05) is 13.2 Å². The van der Waals surface area contributed by atoms with Gasteiger partial charge in [-0.15, -0.1) is 0 Å². The lowest BCUT2D eigenvalue weighted by Gasteiger charge is -2.16. The predicted molar refractivity (Wildman–Crippen MR) is 295 cm³/mol. The molecule has 0 bridgehead atoms. The molecule has 2 heteroatoms. The molecule has 390 valence electrons. The molecular weight excluding hydrogens is 777 g/mol. The zero-order valence-electron chi connectivity index (χ0n) is 46.9. The third-order valence-electron chi connectivity index (χ3n) is 14.4. The Morgan fingerprint density at radius 3 is 0.562 bits per heavy atom. The average molecular weight is 908 g/mol. The minimum atomic E-state index is 0.373. The van der Waals surface area contributed by atoms with Gasteiger partial charge >= 0.3 is 0 Å². The zero-order chi connectivity index (χ0) is 48.0. The van der Waals surface area contributed by atoms with Gasteiger partial charge in [0.05, 0.1) is 0 Å². The molecule has 0 aromatic heterocycles. The SMILES string of the molecule is CC(C)CCCC(C)CCCC(C)CCCCC(C)CCCC(C)CCCC(C)C.CCCCCCCCCCCCCCCCO.CCCCCCCCCCCCCCCCO. The molecule has 0 aromatic rings. The van der Waals surface area contributed by atoms with E-state index in [0.29, 0.717) is 13.2 Å². The van der Waals surface area contributed by atoms with E-state index in [0.717, 1.165) is 48.3 Å². The lowest BCUT2D eigenvalue weighted by molar-refractivity contribution is 0.282. The van der Waals surface area contributed by atoms with Crippen LogP contribution in [0.1, 0.15) is 352 Å². The summed E-state index contributed by atoms with van der Waals surface area (Å²) in [6.07, 6.45) is 61.6. The van der Waals surface area contributed by atoms with Crippen molar-refractivity contribution in [2.45, 2.75) is 352 Å². The molecule has 0 heterocycles. The molecular formula is C62H130O2. The molecule has 0 fully saturated rings. The highest BCUT2D eigenvalue weighted by molar-refractivity contribution is 4.62. The lowest BCUT2D eigenvalue weighted by Crippen LogP contribution is -2.01. The molecule has 4 atom stereocenters. The minimum Gasteiger partial charge on any atom is -0.396 e. The van der Waals surface area contributed by atoms with Crippen molar-refractivity contribution < 1.29 is 10.2 Å². The molecule has 64 heavy (non-hydrogen) atoms. The van der Waals surface area contributed by atoms with Crippen molar-refractivity contribution in [2.24, 2.45) is 35.5 Å². The van der Waals surface area contributed by atoms with Crippen molar-refractivity contribution in [3.8, 4) is 0 Å². The number of aliphatic hydroxyl groups excluding tert-OH is 2. The average Bonchev–Trinajstić information content (AvgIpc) is 3.26. The second-order valence-corrected chi connectivity index (χ2v) is 22.9. The van der Waals surface area contributed by atoms with E-state index in [2.05, 4.69) is 69.2 Å². The number of hydrogen-bond donors (Lipinski definition) is 2. The Morgan fingerprint density at radius 1 is 0.203 bits per heavy atom. The summed E-state index contributed by atoms with van der Waals surface area (Å²) >= 11 is 0. The maximum atomic E-state index is 8.64. The topological polar surface area (TPSA) is 40.5 Å². The Kier molecular flexibility index (Phi) is 62.9. The Balaban J connectivity index is -0.000000936. The fraction of sp³-hybridized carbons (Fsp3) is 1.00. The van der Waals surface area contributed by atoms with Crippen LogP contribution in [0, 0.1) is 35.5 Å². The van der Waals surface area contributed by atoms with E-state index in [9.17, 15) is 0 Å². The van der Waals surface area contributed by atoms with Crippen LogP contribution in [0.3, 0.4) is 0 Å². The number of unbranched alkanes of at least 4 members (excludes halogenated alkanes) is 27. The molecule has 0 amide bonds. The first kappa shape index (κ1) is 68.2. The van der Waals surface area contributed by atoms with Crippen LogP contribution in [0.25, 0.3) is 0 Å². The van der Waals surface area contributed by atoms with Gasteiger partial charge < -0.3 is 10.2 Å². The van der Waals surface area contributed by atoms with E-state index in [1.54, 1.807) is 0 Å². The van der Waals surface area contributed by atoms with Crippen LogP contribution >= 0.6 is 0 Å². The van der Waals surface area contributed by atoms with Gasteiger partial charge in [0.25, 0.3) is 0 Å². The van der Waals surface area contributed by atoms with Gasteiger partial charge in [-0.3, -0.25) is 0 Å². The fourth-order valence-electron chi connectivity index (χ4n) is 9.55. The number of hydrogen-bond acceptors (Lipinski definition) is 2. The molecule has 0 radical (unpaired) electrons.